The van der Waals surface area contributed by atoms with Gasteiger partial charge in [0, 0.05) is 36.9 Å². The van der Waals surface area contributed by atoms with E-state index in [0.717, 1.165) is 28.5 Å². The molecule has 0 saturated carbocycles. The number of pyridine rings is 2. The molecule has 240 valence electrons. The fraction of sp³-hybridized carbons (Fsp3) is 0.361. The van der Waals surface area contributed by atoms with Crippen molar-refractivity contribution < 1.29 is 27.4 Å². The molecule has 2 aliphatic heterocycles. The van der Waals surface area contributed by atoms with Crippen LogP contribution in [0, 0.1) is 5.92 Å². The summed E-state index contributed by atoms with van der Waals surface area (Å²) in [5.74, 6) is 0.418. The van der Waals surface area contributed by atoms with E-state index in [0.29, 0.717) is 50.7 Å². The predicted molar refractivity (Wildman–Crippen MR) is 169 cm³/mol. The second-order valence-corrected chi connectivity index (χ2v) is 11.8. The highest BCUT2D eigenvalue weighted by Crippen LogP contribution is 2.48. The molecular weight excluding hydrogens is 593 g/mol. The number of piperidine rings is 1. The highest BCUT2D eigenvalue weighted by molar-refractivity contribution is 5.70. The molecule has 0 bridgehead atoms. The number of aromatic nitrogens is 2. The molecule has 1 saturated heterocycles. The summed E-state index contributed by atoms with van der Waals surface area (Å²) in [5, 5.41) is 0. The van der Waals surface area contributed by atoms with Crippen LogP contribution in [0.25, 0.3) is 11.3 Å². The van der Waals surface area contributed by atoms with Crippen LogP contribution in [0.5, 0.6) is 5.88 Å². The van der Waals surface area contributed by atoms with Crippen LogP contribution < -0.4 is 9.64 Å². The van der Waals surface area contributed by atoms with Gasteiger partial charge in [-0.05, 0) is 60.7 Å². The van der Waals surface area contributed by atoms with E-state index in [4.69, 9.17) is 14.5 Å². The Balaban J connectivity index is 1.37. The number of nitrogens with zero attached hydrogens (tertiary/aromatic N) is 4. The van der Waals surface area contributed by atoms with Crippen LogP contribution in [0.2, 0.25) is 0 Å². The molecule has 0 radical (unpaired) electrons. The normalized spacial score (nSPS) is 19.5. The zero-order valence-electron chi connectivity index (χ0n) is 26.0. The van der Waals surface area contributed by atoms with Gasteiger partial charge in [0.25, 0.3) is 0 Å². The number of ether oxygens (including phenoxy) is 2. The second-order valence-electron chi connectivity index (χ2n) is 11.8. The topological polar surface area (TPSA) is 67.8 Å². The molecule has 1 amide bonds. The Hall–Kier alpha value is -4.60. The van der Waals surface area contributed by atoms with E-state index >= 15 is 0 Å². The lowest BCUT2D eigenvalue weighted by Gasteiger charge is -2.53. The Kier molecular flexibility index (Phi) is 8.88. The number of rotatable bonds is 7. The zero-order valence-corrected chi connectivity index (χ0v) is 26.0. The van der Waals surface area contributed by atoms with Crippen LogP contribution in [-0.4, -0.2) is 47.2 Å². The van der Waals surface area contributed by atoms with E-state index in [1.54, 1.807) is 23.2 Å². The first kappa shape index (κ1) is 31.4. The van der Waals surface area contributed by atoms with Crippen LogP contribution in [-0.2, 0) is 29.5 Å². The smallest absolute Gasteiger partial charge is 0.418 e. The third-order valence-corrected chi connectivity index (χ3v) is 9.21. The second kappa shape index (κ2) is 13.0. The van der Waals surface area contributed by atoms with E-state index in [-0.39, 0.29) is 24.8 Å². The van der Waals surface area contributed by atoms with Crippen LogP contribution in [0.4, 0.5) is 23.7 Å². The Bertz CT molecular complexity index is 1680. The van der Waals surface area contributed by atoms with E-state index < -0.39 is 23.2 Å². The lowest BCUT2D eigenvalue weighted by Crippen LogP contribution is -2.58. The van der Waals surface area contributed by atoms with E-state index in [2.05, 4.69) is 18.0 Å². The van der Waals surface area contributed by atoms with Gasteiger partial charge in [-0.25, -0.2) is 9.78 Å². The molecule has 2 atom stereocenters. The first-order valence-electron chi connectivity index (χ1n) is 15.7. The molecule has 2 aromatic carbocycles. The molecule has 2 aliphatic rings. The average Bonchev–Trinajstić information content (AvgIpc) is 3.07. The van der Waals surface area contributed by atoms with Gasteiger partial charge in [-0.1, -0.05) is 61.9 Å². The van der Waals surface area contributed by atoms with Gasteiger partial charge >= 0.3 is 12.3 Å². The quantitative estimate of drug-likeness (QED) is 0.207. The van der Waals surface area contributed by atoms with Gasteiger partial charge in [-0.15, -0.1) is 0 Å². The Morgan fingerprint density at radius 3 is 2.54 bits per heavy atom. The number of alkyl halides is 3. The zero-order chi connectivity index (χ0) is 32.3. The first-order valence-corrected chi connectivity index (χ1v) is 15.7. The molecule has 2 aromatic heterocycles. The number of carbonyl (C=O) groups is 1. The van der Waals surface area contributed by atoms with Crippen LogP contribution >= 0.6 is 0 Å². The van der Waals surface area contributed by atoms with Gasteiger partial charge < -0.3 is 19.3 Å². The van der Waals surface area contributed by atoms with Crippen molar-refractivity contribution in [3.8, 4) is 17.1 Å². The van der Waals surface area contributed by atoms with Crippen molar-refractivity contribution in [3.05, 3.63) is 107 Å². The maximum atomic E-state index is 14.0. The highest BCUT2D eigenvalue weighted by atomic mass is 19.4. The number of para-hydroxylation sites is 1. The number of carbonyl (C=O) groups excluding carboxylic acids is 1. The number of amides is 1. The number of benzene rings is 2. The Morgan fingerprint density at radius 2 is 1.78 bits per heavy atom. The number of fused-ring (bicyclic) bond motifs is 2. The van der Waals surface area contributed by atoms with Crippen molar-refractivity contribution in [2.24, 2.45) is 5.92 Å². The Labute approximate surface area is 267 Å². The van der Waals surface area contributed by atoms with Gasteiger partial charge in [-0.2, -0.15) is 13.2 Å². The molecule has 7 nitrogen and oxygen atoms in total. The molecule has 1 spiro atoms. The number of hydrogen-bond acceptors (Lipinski definition) is 6. The largest absolute Gasteiger partial charge is 0.477 e. The highest BCUT2D eigenvalue weighted by Gasteiger charge is 2.50. The minimum absolute atomic E-state index is 0.0592. The van der Waals surface area contributed by atoms with Crippen molar-refractivity contribution in [1.82, 2.24) is 14.9 Å². The van der Waals surface area contributed by atoms with Gasteiger partial charge in [-0.3, -0.25) is 4.98 Å². The number of hydrogen-bond donors (Lipinski definition) is 0. The summed E-state index contributed by atoms with van der Waals surface area (Å²) in [6.07, 6.45) is -1.99. The SMILES string of the molecule is CCOc1ncccc1-c1ccc2c(n1)CN(C(=O)OCc1ccccc1)C[C@]21CCN(c2ccccc2C(F)(F)F)C[C@H]1CC. The van der Waals surface area contributed by atoms with Gasteiger partial charge in [0.15, 0.2) is 0 Å². The molecule has 10 heteroatoms. The van der Waals surface area contributed by atoms with E-state index in [1.807, 2.05) is 60.4 Å². The molecule has 4 aromatic rings. The van der Waals surface area contributed by atoms with Crippen LogP contribution in [0.1, 0.15) is 49.1 Å². The Morgan fingerprint density at radius 1 is 1.00 bits per heavy atom. The summed E-state index contributed by atoms with van der Waals surface area (Å²) >= 11 is 0. The fourth-order valence-electron chi connectivity index (χ4n) is 7.03. The molecular formula is C36H37F3N4O3. The summed E-state index contributed by atoms with van der Waals surface area (Å²) in [4.78, 5) is 26.7. The van der Waals surface area contributed by atoms with Crippen molar-refractivity contribution in [2.75, 3.05) is 31.1 Å². The number of anilines is 1. The van der Waals surface area contributed by atoms with Crippen LogP contribution in [0.15, 0.2) is 85.1 Å². The van der Waals surface area contributed by atoms with Gasteiger partial charge in [0.2, 0.25) is 5.88 Å². The molecule has 0 aliphatic carbocycles. The third kappa shape index (κ3) is 6.12. The van der Waals surface area contributed by atoms with Crippen molar-refractivity contribution in [3.63, 3.8) is 0 Å². The van der Waals surface area contributed by atoms with Crippen LogP contribution in [0.3, 0.4) is 0 Å². The first-order chi connectivity index (χ1) is 22.2. The minimum atomic E-state index is -4.46. The minimum Gasteiger partial charge on any atom is -0.477 e. The van der Waals surface area contributed by atoms with E-state index in [9.17, 15) is 18.0 Å². The van der Waals surface area contributed by atoms with Gasteiger partial charge in [0.05, 0.1) is 35.7 Å². The number of halogens is 3. The maximum Gasteiger partial charge on any atom is 0.418 e. The molecule has 1 fully saturated rings. The summed E-state index contributed by atoms with van der Waals surface area (Å²) < 4.78 is 53.6. The molecule has 0 unspecified atom stereocenters. The van der Waals surface area contributed by atoms with Gasteiger partial charge in [0.1, 0.15) is 6.61 Å². The standard InChI is InChI=1S/C36H37F3N4O3/c1-3-26-21-42(32-15-9-8-14-29(32)36(37,38)39)20-18-35(26)24-43(34(44)46-23-25-11-6-5-7-12-25)22-31-28(35)16-17-30(41-31)27-13-10-19-40-33(27)45-4-2/h5-17,19,26H,3-4,18,20-24H2,1-2H3/t26-,35+/m1/s1. The summed E-state index contributed by atoms with van der Waals surface area (Å²) in [7, 11) is 0. The predicted octanol–water partition coefficient (Wildman–Crippen LogP) is 7.89. The maximum absolute atomic E-state index is 14.0. The van der Waals surface area contributed by atoms with Crippen molar-refractivity contribution in [2.45, 2.75) is 51.4 Å². The average molecular weight is 631 g/mol. The lowest BCUT2D eigenvalue weighted by molar-refractivity contribution is -0.137. The molecule has 46 heavy (non-hydrogen) atoms. The molecule has 0 N–H and O–H groups in total. The fourth-order valence-corrected chi connectivity index (χ4v) is 7.03. The summed E-state index contributed by atoms with van der Waals surface area (Å²) in [5.41, 5.74) is 3.10. The monoisotopic (exact) mass is 630 g/mol. The summed E-state index contributed by atoms with van der Waals surface area (Å²) in [6.45, 7) is 5.99. The lowest BCUT2D eigenvalue weighted by atomic mass is 9.62. The third-order valence-electron chi connectivity index (χ3n) is 9.21. The molecule has 4 heterocycles. The van der Waals surface area contributed by atoms with Crippen molar-refractivity contribution >= 4 is 11.8 Å². The molecule has 6 rings (SSSR count). The summed E-state index contributed by atoms with van der Waals surface area (Å²) in [6, 6.07) is 23.0. The van der Waals surface area contributed by atoms with E-state index in [1.165, 1.54) is 6.07 Å². The van der Waals surface area contributed by atoms with Crippen molar-refractivity contribution in [1.29, 1.82) is 0 Å².